The zero-order valence-electron chi connectivity index (χ0n) is 10.1. The maximum absolute atomic E-state index is 11.9. The van der Waals surface area contributed by atoms with E-state index in [1.807, 2.05) is 30.3 Å². The molecule has 2 amide bonds. The third kappa shape index (κ3) is 2.68. The van der Waals surface area contributed by atoms with Crippen LogP contribution >= 0.6 is 0 Å². The van der Waals surface area contributed by atoms with Gasteiger partial charge in [0.1, 0.15) is 0 Å². The molecule has 3 N–H and O–H groups in total. The van der Waals surface area contributed by atoms with Gasteiger partial charge in [-0.2, -0.15) is 0 Å². The Bertz CT molecular complexity index is 433. The SMILES string of the molecule is NCCNC(=O)[C@H]1CC(=O)N(c2ccccc2)C1. The molecule has 0 aromatic heterocycles. The number of nitrogens with one attached hydrogen (secondary N) is 1. The molecule has 5 heteroatoms. The molecule has 96 valence electrons. The largest absolute Gasteiger partial charge is 0.355 e. The quantitative estimate of drug-likeness (QED) is 0.793. The van der Waals surface area contributed by atoms with E-state index in [1.165, 1.54) is 0 Å². The number of nitrogens with zero attached hydrogens (tertiary/aromatic N) is 1. The molecule has 1 aromatic carbocycles. The van der Waals surface area contributed by atoms with Crippen LogP contribution in [0.25, 0.3) is 0 Å². The summed E-state index contributed by atoms with van der Waals surface area (Å²) in [5, 5.41) is 2.72. The number of hydrogen-bond donors (Lipinski definition) is 2. The monoisotopic (exact) mass is 247 g/mol. The van der Waals surface area contributed by atoms with Crippen molar-refractivity contribution in [2.75, 3.05) is 24.5 Å². The fourth-order valence-electron chi connectivity index (χ4n) is 2.08. The van der Waals surface area contributed by atoms with Crippen LogP contribution in [0.5, 0.6) is 0 Å². The average molecular weight is 247 g/mol. The number of nitrogens with two attached hydrogens (primary N) is 1. The molecule has 1 fully saturated rings. The van der Waals surface area contributed by atoms with Gasteiger partial charge in [-0.3, -0.25) is 9.59 Å². The van der Waals surface area contributed by atoms with Crippen molar-refractivity contribution >= 4 is 17.5 Å². The van der Waals surface area contributed by atoms with E-state index in [9.17, 15) is 9.59 Å². The van der Waals surface area contributed by atoms with Crippen molar-refractivity contribution in [2.24, 2.45) is 11.7 Å². The Morgan fingerprint density at radius 2 is 2.11 bits per heavy atom. The lowest BCUT2D eigenvalue weighted by Crippen LogP contribution is -2.35. The van der Waals surface area contributed by atoms with Crippen LogP contribution in [0.15, 0.2) is 30.3 Å². The Labute approximate surface area is 106 Å². The van der Waals surface area contributed by atoms with Crippen LogP contribution in [0, 0.1) is 5.92 Å². The fraction of sp³-hybridized carbons (Fsp3) is 0.385. The van der Waals surface area contributed by atoms with E-state index in [0.29, 0.717) is 19.6 Å². The lowest BCUT2D eigenvalue weighted by molar-refractivity contribution is -0.126. The maximum atomic E-state index is 11.9. The van der Waals surface area contributed by atoms with Crippen molar-refractivity contribution in [3.05, 3.63) is 30.3 Å². The van der Waals surface area contributed by atoms with Gasteiger partial charge in [0.05, 0.1) is 5.92 Å². The van der Waals surface area contributed by atoms with Crippen LogP contribution in [-0.4, -0.2) is 31.4 Å². The Kier molecular flexibility index (Phi) is 3.94. The minimum absolute atomic E-state index is 0.00546. The van der Waals surface area contributed by atoms with Crippen molar-refractivity contribution < 1.29 is 9.59 Å². The third-order valence-corrected chi connectivity index (χ3v) is 3.01. The van der Waals surface area contributed by atoms with Crippen LogP contribution in [0.3, 0.4) is 0 Å². The first-order valence-corrected chi connectivity index (χ1v) is 6.05. The van der Waals surface area contributed by atoms with Crippen LogP contribution in [-0.2, 0) is 9.59 Å². The molecule has 1 aliphatic rings. The number of benzene rings is 1. The highest BCUT2D eigenvalue weighted by Gasteiger charge is 2.34. The van der Waals surface area contributed by atoms with Gasteiger partial charge >= 0.3 is 0 Å². The van der Waals surface area contributed by atoms with E-state index in [0.717, 1.165) is 5.69 Å². The van der Waals surface area contributed by atoms with Crippen LogP contribution in [0.4, 0.5) is 5.69 Å². The summed E-state index contributed by atoms with van der Waals surface area (Å²) in [5.41, 5.74) is 6.17. The van der Waals surface area contributed by atoms with E-state index in [1.54, 1.807) is 4.90 Å². The second-order valence-electron chi connectivity index (χ2n) is 4.32. The molecule has 18 heavy (non-hydrogen) atoms. The molecule has 0 bridgehead atoms. The highest BCUT2D eigenvalue weighted by Crippen LogP contribution is 2.24. The first kappa shape index (κ1) is 12.6. The summed E-state index contributed by atoms with van der Waals surface area (Å²) in [4.78, 5) is 25.3. The summed E-state index contributed by atoms with van der Waals surface area (Å²) in [7, 11) is 0. The number of amides is 2. The Balaban J connectivity index is 2.01. The normalized spacial score (nSPS) is 19.1. The zero-order chi connectivity index (χ0) is 13.0. The average Bonchev–Trinajstić information content (AvgIpc) is 2.79. The predicted octanol–water partition coefficient (Wildman–Crippen LogP) is 0.114. The lowest BCUT2D eigenvalue weighted by Gasteiger charge is -2.16. The molecule has 5 nitrogen and oxygen atoms in total. The standard InChI is InChI=1S/C13H17N3O2/c14-6-7-15-13(18)10-8-12(17)16(9-10)11-4-2-1-3-5-11/h1-5,10H,6-9,14H2,(H,15,18)/t10-/m0/s1. The van der Waals surface area contributed by atoms with Gasteiger partial charge in [-0.15, -0.1) is 0 Å². The fourth-order valence-corrected chi connectivity index (χ4v) is 2.08. The van der Waals surface area contributed by atoms with Crippen LogP contribution < -0.4 is 16.0 Å². The Hall–Kier alpha value is -1.88. The van der Waals surface area contributed by atoms with Gasteiger partial charge in [0.25, 0.3) is 0 Å². The smallest absolute Gasteiger partial charge is 0.227 e. The van der Waals surface area contributed by atoms with E-state index in [2.05, 4.69) is 5.32 Å². The summed E-state index contributed by atoms with van der Waals surface area (Å²) in [6.07, 6.45) is 0.269. The predicted molar refractivity (Wildman–Crippen MR) is 69.0 cm³/mol. The number of hydrogen-bond acceptors (Lipinski definition) is 3. The minimum Gasteiger partial charge on any atom is -0.355 e. The Morgan fingerprint density at radius 1 is 1.39 bits per heavy atom. The zero-order valence-corrected chi connectivity index (χ0v) is 10.1. The molecule has 0 aliphatic carbocycles. The molecule has 1 aromatic rings. The van der Waals surface area contributed by atoms with Crippen LogP contribution in [0.2, 0.25) is 0 Å². The van der Waals surface area contributed by atoms with Gasteiger partial charge < -0.3 is 16.0 Å². The lowest BCUT2D eigenvalue weighted by atomic mass is 10.1. The molecule has 1 atom stereocenters. The number of rotatable bonds is 4. The van der Waals surface area contributed by atoms with E-state index in [4.69, 9.17) is 5.73 Å². The van der Waals surface area contributed by atoms with E-state index in [-0.39, 0.29) is 24.2 Å². The number of para-hydroxylation sites is 1. The molecule has 0 saturated carbocycles. The Morgan fingerprint density at radius 3 is 2.78 bits per heavy atom. The molecule has 0 unspecified atom stereocenters. The van der Waals surface area contributed by atoms with Crippen molar-refractivity contribution in [2.45, 2.75) is 6.42 Å². The van der Waals surface area contributed by atoms with Gasteiger partial charge in [0.15, 0.2) is 0 Å². The van der Waals surface area contributed by atoms with E-state index >= 15 is 0 Å². The van der Waals surface area contributed by atoms with Gasteiger partial charge in [0, 0.05) is 31.7 Å². The number of carbonyl (C=O) groups is 2. The minimum atomic E-state index is -0.274. The van der Waals surface area contributed by atoms with Crippen molar-refractivity contribution in [1.82, 2.24) is 5.32 Å². The molecular formula is C13H17N3O2. The van der Waals surface area contributed by atoms with Crippen molar-refractivity contribution in [1.29, 1.82) is 0 Å². The second-order valence-corrected chi connectivity index (χ2v) is 4.32. The number of carbonyl (C=O) groups excluding carboxylic acids is 2. The summed E-state index contributed by atoms with van der Waals surface area (Å²) in [5.74, 6) is -0.370. The molecule has 0 radical (unpaired) electrons. The number of anilines is 1. The van der Waals surface area contributed by atoms with Gasteiger partial charge in [-0.1, -0.05) is 18.2 Å². The van der Waals surface area contributed by atoms with Gasteiger partial charge in [-0.05, 0) is 12.1 Å². The summed E-state index contributed by atoms with van der Waals surface area (Å²) >= 11 is 0. The highest BCUT2D eigenvalue weighted by molar-refractivity contribution is 6.00. The molecule has 1 saturated heterocycles. The first-order valence-electron chi connectivity index (χ1n) is 6.05. The summed E-state index contributed by atoms with van der Waals surface area (Å²) in [6, 6.07) is 9.40. The summed E-state index contributed by atoms with van der Waals surface area (Å²) < 4.78 is 0. The van der Waals surface area contributed by atoms with E-state index < -0.39 is 0 Å². The van der Waals surface area contributed by atoms with Gasteiger partial charge in [0.2, 0.25) is 11.8 Å². The maximum Gasteiger partial charge on any atom is 0.227 e. The first-order chi connectivity index (χ1) is 8.72. The topological polar surface area (TPSA) is 75.4 Å². The summed E-state index contributed by atoms with van der Waals surface area (Å²) in [6.45, 7) is 1.31. The molecule has 1 aliphatic heterocycles. The molecule has 2 rings (SSSR count). The molecule has 0 spiro atoms. The van der Waals surface area contributed by atoms with Crippen LogP contribution in [0.1, 0.15) is 6.42 Å². The van der Waals surface area contributed by atoms with Crippen molar-refractivity contribution in [3.63, 3.8) is 0 Å². The molecular weight excluding hydrogens is 230 g/mol. The van der Waals surface area contributed by atoms with Crippen molar-refractivity contribution in [3.8, 4) is 0 Å². The second kappa shape index (κ2) is 5.64. The van der Waals surface area contributed by atoms with Gasteiger partial charge in [-0.25, -0.2) is 0 Å². The third-order valence-electron chi connectivity index (χ3n) is 3.01. The highest BCUT2D eigenvalue weighted by atomic mass is 16.2. The molecule has 1 heterocycles.